The van der Waals surface area contributed by atoms with E-state index in [0.29, 0.717) is 11.6 Å². The fraction of sp³-hybridized carbons (Fsp3) is 0.227. The number of nitrogens with zero attached hydrogens (tertiary/aromatic N) is 2. The van der Waals surface area contributed by atoms with Gasteiger partial charge in [0.25, 0.3) is 5.91 Å². The van der Waals surface area contributed by atoms with E-state index in [1.165, 1.54) is 4.88 Å². The van der Waals surface area contributed by atoms with Crippen molar-refractivity contribution in [1.82, 2.24) is 4.57 Å². The number of nitrogens with one attached hydrogen (secondary N) is 1. The molecule has 9 heteroatoms. The van der Waals surface area contributed by atoms with Crippen molar-refractivity contribution < 1.29 is 23.2 Å². The number of halogens is 2. The van der Waals surface area contributed by atoms with Gasteiger partial charge in [0, 0.05) is 34.4 Å². The molecule has 0 aliphatic carbocycles. The van der Waals surface area contributed by atoms with Gasteiger partial charge in [-0.3, -0.25) is 9.59 Å². The first-order valence-electron chi connectivity index (χ1n) is 9.49. The Bertz CT molecular complexity index is 1110. The second kappa shape index (κ2) is 10.1. The van der Waals surface area contributed by atoms with Crippen LogP contribution in [0.2, 0.25) is 0 Å². The number of ketones is 1. The molecule has 0 unspecified atom stereocenters. The van der Waals surface area contributed by atoms with Gasteiger partial charge in [0.15, 0.2) is 6.61 Å². The first-order chi connectivity index (χ1) is 14.8. The molecule has 2 aromatic heterocycles. The smallest absolute Gasteiger partial charge is 0.270 e. The maximum atomic E-state index is 13.5. The van der Waals surface area contributed by atoms with Gasteiger partial charge >= 0.3 is 0 Å². The molecule has 162 valence electrons. The molecular formula is C22H21F2N3O3S. The summed E-state index contributed by atoms with van der Waals surface area (Å²) in [5.41, 5.74) is 2.17. The van der Waals surface area contributed by atoms with Crippen LogP contribution in [0, 0.1) is 25.5 Å². The summed E-state index contributed by atoms with van der Waals surface area (Å²) in [6.07, 6.45) is 1.66. The Morgan fingerprint density at radius 2 is 2.03 bits per heavy atom. The van der Waals surface area contributed by atoms with E-state index < -0.39 is 17.5 Å². The molecular weight excluding hydrogens is 424 g/mol. The minimum Gasteiger partial charge on any atom is -0.387 e. The number of aryl methyl sites for hydroxylation is 2. The number of carbonyl (C=O) groups excluding carboxylic acids is 2. The SMILES string of the molecule is Cc1cc(C(=O)CO/N=C/C(=O)Nc2ccc(F)cc2F)c(C)n1CCc1cccs1. The number of oxime groups is 1. The lowest BCUT2D eigenvalue weighted by atomic mass is 10.1. The van der Waals surface area contributed by atoms with Crippen molar-refractivity contribution in [1.29, 1.82) is 0 Å². The van der Waals surface area contributed by atoms with Crippen molar-refractivity contribution >= 4 is 34.9 Å². The summed E-state index contributed by atoms with van der Waals surface area (Å²) < 4.78 is 28.5. The fourth-order valence-electron chi connectivity index (χ4n) is 3.12. The summed E-state index contributed by atoms with van der Waals surface area (Å²) in [6.45, 7) is 4.24. The number of hydrogen-bond acceptors (Lipinski definition) is 5. The van der Waals surface area contributed by atoms with Gasteiger partial charge in [-0.1, -0.05) is 11.2 Å². The van der Waals surface area contributed by atoms with E-state index in [0.717, 1.165) is 42.7 Å². The van der Waals surface area contributed by atoms with Crippen LogP contribution < -0.4 is 5.32 Å². The van der Waals surface area contributed by atoms with Crippen molar-refractivity contribution in [3.8, 4) is 0 Å². The molecule has 0 bridgehead atoms. The Morgan fingerprint density at radius 1 is 1.23 bits per heavy atom. The summed E-state index contributed by atoms with van der Waals surface area (Å²) in [7, 11) is 0. The van der Waals surface area contributed by atoms with Crippen LogP contribution in [0.5, 0.6) is 0 Å². The van der Waals surface area contributed by atoms with Crippen LogP contribution in [0.3, 0.4) is 0 Å². The highest BCUT2D eigenvalue weighted by molar-refractivity contribution is 7.09. The van der Waals surface area contributed by atoms with Gasteiger partial charge in [-0.25, -0.2) is 8.78 Å². The van der Waals surface area contributed by atoms with E-state index in [2.05, 4.69) is 21.1 Å². The van der Waals surface area contributed by atoms with Crippen LogP contribution in [0.25, 0.3) is 0 Å². The molecule has 0 spiro atoms. The molecule has 0 saturated carbocycles. The lowest BCUT2D eigenvalue weighted by Gasteiger charge is -2.09. The Hall–Kier alpha value is -3.33. The van der Waals surface area contributed by atoms with Crippen LogP contribution in [-0.2, 0) is 22.6 Å². The number of aromatic nitrogens is 1. The lowest BCUT2D eigenvalue weighted by Crippen LogP contribution is -2.15. The summed E-state index contributed by atoms with van der Waals surface area (Å²) in [5, 5.41) is 7.69. The molecule has 0 radical (unpaired) electrons. The van der Waals surface area contributed by atoms with Crippen LogP contribution >= 0.6 is 11.3 Å². The standard InChI is InChI=1S/C22H21F2N3O3S/c1-14-10-18(15(2)27(14)8-7-17-4-3-9-31-17)21(28)13-30-25-12-22(29)26-20-6-5-16(23)11-19(20)24/h3-6,9-12H,7-8,13H2,1-2H3,(H,26,29)/b25-12+. The predicted molar refractivity (Wildman–Crippen MR) is 116 cm³/mol. The first kappa shape index (κ1) is 22.4. The average Bonchev–Trinajstić information content (AvgIpc) is 3.34. The van der Waals surface area contributed by atoms with E-state index in [9.17, 15) is 18.4 Å². The van der Waals surface area contributed by atoms with Gasteiger partial charge in [0.2, 0.25) is 5.78 Å². The summed E-state index contributed by atoms with van der Waals surface area (Å²) in [6, 6.07) is 8.66. The molecule has 0 atom stereocenters. The number of carbonyl (C=O) groups is 2. The zero-order valence-corrected chi connectivity index (χ0v) is 17.8. The molecule has 0 saturated heterocycles. The van der Waals surface area contributed by atoms with Crippen molar-refractivity contribution in [3.63, 3.8) is 0 Å². The van der Waals surface area contributed by atoms with E-state index in [-0.39, 0.29) is 18.1 Å². The number of hydrogen-bond donors (Lipinski definition) is 1. The lowest BCUT2D eigenvalue weighted by molar-refractivity contribution is -0.110. The molecule has 0 fully saturated rings. The van der Waals surface area contributed by atoms with Gasteiger partial charge in [-0.2, -0.15) is 0 Å². The first-order valence-corrected chi connectivity index (χ1v) is 10.4. The average molecular weight is 445 g/mol. The van der Waals surface area contributed by atoms with Crippen LogP contribution in [0.1, 0.15) is 26.6 Å². The second-order valence-corrected chi connectivity index (χ2v) is 7.84. The molecule has 1 amide bonds. The Kier molecular flexibility index (Phi) is 7.30. The number of Topliss-reactive ketones (excluding diaryl/α,β-unsaturated/α-hetero) is 1. The van der Waals surface area contributed by atoms with Gasteiger partial charge < -0.3 is 14.7 Å². The normalized spacial score (nSPS) is 11.1. The molecule has 3 rings (SSSR count). The van der Waals surface area contributed by atoms with Crippen LogP contribution in [0.15, 0.2) is 46.9 Å². The van der Waals surface area contributed by atoms with Crippen molar-refractivity contribution in [3.05, 3.63) is 75.2 Å². The monoisotopic (exact) mass is 445 g/mol. The van der Waals surface area contributed by atoms with Gasteiger partial charge in [-0.15, -0.1) is 11.3 Å². The number of benzene rings is 1. The van der Waals surface area contributed by atoms with Crippen molar-refractivity contribution in [2.24, 2.45) is 5.16 Å². The van der Waals surface area contributed by atoms with E-state index in [1.807, 2.05) is 31.4 Å². The Balaban J connectivity index is 1.52. The second-order valence-electron chi connectivity index (χ2n) is 6.81. The molecule has 1 N–H and O–H groups in total. The van der Waals surface area contributed by atoms with Gasteiger partial charge in [0.05, 0.1) is 5.69 Å². The minimum absolute atomic E-state index is 0.191. The number of rotatable bonds is 9. The maximum Gasteiger partial charge on any atom is 0.270 e. The quantitative estimate of drug-likeness (QED) is 0.299. The van der Waals surface area contributed by atoms with E-state index in [1.54, 1.807) is 11.3 Å². The third-order valence-corrected chi connectivity index (χ3v) is 5.60. The molecule has 6 nitrogen and oxygen atoms in total. The Labute approximate surface area is 182 Å². The van der Waals surface area contributed by atoms with Gasteiger partial charge in [0.1, 0.15) is 17.8 Å². The molecule has 2 heterocycles. The molecule has 3 aromatic rings. The molecule has 0 aliphatic heterocycles. The zero-order chi connectivity index (χ0) is 22.4. The third-order valence-electron chi connectivity index (χ3n) is 4.67. The predicted octanol–water partition coefficient (Wildman–Crippen LogP) is 4.51. The van der Waals surface area contributed by atoms with Crippen LogP contribution in [0.4, 0.5) is 14.5 Å². The number of thiophene rings is 1. The summed E-state index contributed by atoms with van der Waals surface area (Å²) >= 11 is 1.70. The maximum absolute atomic E-state index is 13.5. The molecule has 0 aliphatic rings. The highest BCUT2D eigenvalue weighted by Crippen LogP contribution is 2.18. The number of anilines is 1. The largest absolute Gasteiger partial charge is 0.387 e. The molecule has 31 heavy (non-hydrogen) atoms. The van der Waals surface area contributed by atoms with Crippen molar-refractivity contribution in [2.45, 2.75) is 26.8 Å². The summed E-state index contributed by atoms with van der Waals surface area (Å²) in [4.78, 5) is 30.4. The minimum atomic E-state index is -0.910. The van der Waals surface area contributed by atoms with Crippen LogP contribution in [-0.4, -0.2) is 29.1 Å². The third kappa shape index (κ3) is 5.85. The number of amides is 1. The van der Waals surface area contributed by atoms with Gasteiger partial charge in [-0.05, 0) is 49.9 Å². The molecule has 1 aromatic carbocycles. The van der Waals surface area contributed by atoms with Crippen molar-refractivity contribution in [2.75, 3.05) is 11.9 Å². The van der Waals surface area contributed by atoms with E-state index in [4.69, 9.17) is 4.84 Å². The Morgan fingerprint density at radius 3 is 2.74 bits per heavy atom. The topological polar surface area (TPSA) is 72.7 Å². The highest BCUT2D eigenvalue weighted by Gasteiger charge is 2.16. The van der Waals surface area contributed by atoms with E-state index >= 15 is 0 Å². The fourth-order valence-corrected chi connectivity index (χ4v) is 3.82. The zero-order valence-electron chi connectivity index (χ0n) is 17.0. The summed E-state index contributed by atoms with van der Waals surface area (Å²) in [5.74, 6) is -2.70. The highest BCUT2D eigenvalue weighted by atomic mass is 32.1.